The highest BCUT2D eigenvalue weighted by Crippen LogP contribution is 2.34. The summed E-state index contributed by atoms with van der Waals surface area (Å²) in [7, 11) is 0. The first-order chi connectivity index (χ1) is 13.0. The molecule has 7 heteroatoms. The second-order valence-corrected chi connectivity index (χ2v) is 6.68. The van der Waals surface area contributed by atoms with E-state index in [1.807, 2.05) is 37.3 Å². The number of imide groups is 1. The number of aryl methyl sites for hydroxylation is 1. The molecule has 1 aromatic rings. The Hall–Kier alpha value is -2.96. The molecule has 2 unspecified atom stereocenters. The van der Waals surface area contributed by atoms with Crippen LogP contribution in [0.15, 0.2) is 36.4 Å². The molecule has 1 fully saturated rings. The highest BCUT2D eigenvalue weighted by molar-refractivity contribution is 6.07. The minimum absolute atomic E-state index is 0.341. The molecule has 1 saturated heterocycles. The van der Waals surface area contributed by atoms with Crippen molar-refractivity contribution in [1.29, 1.82) is 0 Å². The number of nitrogens with one attached hydrogen (secondary N) is 1. The van der Waals surface area contributed by atoms with E-state index in [9.17, 15) is 19.2 Å². The summed E-state index contributed by atoms with van der Waals surface area (Å²) in [5.74, 6) is -2.71. The topological polar surface area (TPSA) is 92.8 Å². The van der Waals surface area contributed by atoms with Gasteiger partial charge in [-0.1, -0.05) is 31.2 Å². The number of amides is 3. The largest absolute Gasteiger partial charge is 0.454 e. The zero-order chi connectivity index (χ0) is 19.4. The average Bonchev–Trinajstić information content (AvgIpc) is 2.92. The molecule has 1 heterocycles. The lowest BCUT2D eigenvalue weighted by Gasteiger charge is -2.14. The number of anilines is 1. The lowest BCUT2D eigenvalue weighted by atomic mass is 9.85. The maximum Gasteiger partial charge on any atom is 0.326 e. The van der Waals surface area contributed by atoms with E-state index in [-0.39, 0.29) is 23.7 Å². The number of esters is 1. The SMILES string of the molecule is CCc1cccc(NC(=O)COC(=O)CN2C(=O)C3CC=CCC3C2=O)c1. The van der Waals surface area contributed by atoms with E-state index >= 15 is 0 Å². The summed E-state index contributed by atoms with van der Waals surface area (Å²) in [6.45, 7) is 1.08. The molecule has 3 amide bonds. The van der Waals surface area contributed by atoms with Crippen LogP contribution in [0.3, 0.4) is 0 Å². The second-order valence-electron chi connectivity index (χ2n) is 6.68. The molecule has 2 aliphatic rings. The average molecular weight is 370 g/mol. The molecule has 1 aliphatic heterocycles. The van der Waals surface area contributed by atoms with Gasteiger partial charge in [0.05, 0.1) is 11.8 Å². The van der Waals surface area contributed by atoms with Gasteiger partial charge in [-0.3, -0.25) is 24.1 Å². The van der Waals surface area contributed by atoms with Crippen molar-refractivity contribution in [2.24, 2.45) is 11.8 Å². The Labute approximate surface area is 157 Å². The predicted molar refractivity (Wildman–Crippen MR) is 97.5 cm³/mol. The summed E-state index contributed by atoms with van der Waals surface area (Å²) >= 11 is 0. The standard InChI is InChI=1S/C20H22N2O5/c1-2-13-6-5-7-14(10-13)21-17(23)12-27-18(24)11-22-19(25)15-8-3-4-9-16(15)20(22)26/h3-7,10,15-16H,2,8-9,11-12H2,1H3,(H,21,23). The summed E-state index contributed by atoms with van der Waals surface area (Å²) in [5.41, 5.74) is 1.70. The van der Waals surface area contributed by atoms with Gasteiger partial charge in [0.25, 0.3) is 5.91 Å². The number of carbonyl (C=O) groups excluding carboxylic acids is 4. The molecule has 7 nitrogen and oxygen atoms in total. The maximum absolute atomic E-state index is 12.3. The van der Waals surface area contributed by atoms with E-state index < -0.39 is 25.0 Å². The van der Waals surface area contributed by atoms with Crippen molar-refractivity contribution in [2.75, 3.05) is 18.5 Å². The number of hydrogen-bond acceptors (Lipinski definition) is 5. The summed E-state index contributed by atoms with van der Waals surface area (Å²) in [4.78, 5) is 49.5. The third-order valence-corrected chi connectivity index (χ3v) is 4.87. The number of hydrogen-bond donors (Lipinski definition) is 1. The molecule has 0 bridgehead atoms. The van der Waals surface area contributed by atoms with Gasteiger partial charge in [0, 0.05) is 5.69 Å². The summed E-state index contributed by atoms with van der Waals surface area (Å²) in [6, 6.07) is 7.37. The summed E-state index contributed by atoms with van der Waals surface area (Å²) in [5, 5.41) is 2.65. The zero-order valence-corrected chi connectivity index (χ0v) is 15.1. The van der Waals surface area contributed by atoms with E-state index in [2.05, 4.69) is 5.32 Å². The van der Waals surface area contributed by atoms with Crippen LogP contribution >= 0.6 is 0 Å². The van der Waals surface area contributed by atoms with E-state index in [1.54, 1.807) is 6.07 Å². The van der Waals surface area contributed by atoms with Crippen LogP contribution in [0.1, 0.15) is 25.3 Å². The minimum atomic E-state index is -0.777. The quantitative estimate of drug-likeness (QED) is 0.467. The number of carbonyl (C=O) groups is 4. The van der Waals surface area contributed by atoms with Crippen LogP contribution in [0.25, 0.3) is 0 Å². The van der Waals surface area contributed by atoms with Gasteiger partial charge in [-0.25, -0.2) is 0 Å². The van der Waals surface area contributed by atoms with Crippen LogP contribution in [0.4, 0.5) is 5.69 Å². The van der Waals surface area contributed by atoms with Crippen molar-refractivity contribution in [1.82, 2.24) is 4.90 Å². The Morgan fingerprint density at radius 3 is 2.44 bits per heavy atom. The van der Waals surface area contributed by atoms with E-state index in [0.717, 1.165) is 16.9 Å². The smallest absolute Gasteiger partial charge is 0.326 e. The molecular weight excluding hydrogens is 348 g/mol. The lowest BCUT2D eigenvalue weighted by molar-refractivity contribution is -0.154. The third-order valence-electron chi connectivity index (χ3n) is 4.87. The molecule has 1 aliphatic carbocycles. The highest BCUT2D eigenvalue weighted by atomic mass is 16.5. The molecule has 3 rings (SSSR count). The van der Waals surface area contributed by atoms with Gasteiger partial charge in [0.1, 0.15) is 6.54 Å². The third kappa shape index (κ3) is 4.24. The highest BCUT2D eigenvalue weighted by Gasteiger charge is 2.47. The number of ether oxygens (including phenoxy) is 1. The van der Waals surface area contributed by atoms with Crippen LogP contribution < -0.4 is 5.32 Å². The van der Waals surface area contributed by atoms with Gasteiger partial charge < -0.3 is 10.1 Å². The number of allylic oxidation sites excluding steroid dienone is 2. The summed E-state index contributed by atoms with van der Waals surface area (Å²) in [6.07, 6.45) is 5.63. The number of benzene rings is 1. The van der Waals surface area contributed by atoms with Crippen LogP contribution in [-0.2, 0) is 30.3 Å². The Morgan fingerprint density at radius 1 is 1.15 bits per heavy atom. The molecule has 142 valence electrons. The minimum Gasteiger partial charge on any atom is -0.454 e. The van der Waals surface area contributed by atoms with Crippen LogP contribution in [-0.4, -0.2) is 41.7 Å². The van der Waals surface area contributed by atoms with Crippen molar-refractivity contribution in [3.8, 4) is 0 Å². The Kier molecular flexibility index (Phi) is 5.69. The Bertz CT molecular complexity index is 775. The fraction of sp³-hybridized carbons (Fsp3) is 0.400. The number of rotatable bonds is 6. The first-order valence-electron chi connectivity index (χ1n) is 9.04. The fourth-order valence-corrected chi connectivity index (χ4v) is 3.41. The second kappa shape index (κ2) is 8.16. The predicted octanol–water partition coefficient (Wildman–Crippen LogP) is 1.68. The number of nitrogens with zero attached hydrogens (tertiary/aromatic N) is 1. The lowest BCUT2D eigenvalue weighted by Crippen LogP contribution is -2.37. The van der Waals surface area contributed by atoms with E-state index in [1.165, 1.54) is 0 Å². The monoisotopic (exact) mass is 370 g/mol. The van der Waals surface area contributed by atoms with Crippen molar-refractivity contribution < 1.29 is 23.9 Å². The summed E-state index contributed by atoms with van der Waals surface area (Å²) < 4.78 is 4.93. The van der Waals surface area contributed by atoms with Crippen molar-refractivity contribution in [3.05, 3.63) is 42.0 Å². The maximum atomic E-state index is 12.3. The van der Waals surface area contributed by atoms with Crippen LogP contribution in [0.5, 0.6) is 0 Å². The van der Waals surface area contributed by atoms with Gasteiger partial charge in [-0.15, -0.1) is 0 Å². The molecular formula is C20H22N2O5. The number of fused-ring (bicyclic) bond motifs is 1. The first kappa shape index (κ1) is 18.8. The van der Waals surface area contributed by atoms with E-state index in [0.29, 0.717) is 18.5 Å². The van der Waals surface area contributed by atoms with Crippen molar-refractivity contribution in [2.45, 2.75) is 26.2 Å². The van der Waals surface area contributed by atoms with Gasteiger partial charge in [0.15, 0.2) is 6.61 Å². The molecule has 1 N–H and O–H groups in total. The Balaban J connectivity index is 1.49. The van der Waals surface area contributed by atoms with Crippen molar-refractivity contribution >= 4 is 29.4 Å². The van der Waals surface area contributed by atoms with Gasteiger partial charge in [-0.05, 0) is 37.0 Å². The molecule has 2 atom stereocenters. The molecule has 1 aromatic carbocycles. The molecule has 27 heavy (non-hydrogen) atoms. The van der Waals surface area contributed by atoms with Gasteiger partial charge >= 0.3 is 5.97 Å². The normalized spacial score (nSPS) is 21.1. The molecule has 0 aromatic heterocycles. The van der Waals surface area contributed by atoms with Gasteiger partial charge in [-0.2, -0.15) is 0 Å². The molecule has 0 radical (unpaired) electrons. The van der Waals surface area contributed by atoms with Crippen LogP contribution in [0, 0.1) is 11.8 Å². The first-order valence-corrected chi connectivity index (χ1v) is 9.04. The number of likely N-dealkylation sites (tertiary alicyclic amines) is 1. The van der Waals surface area contributed by atoms with E-state index in [4.69, 9.17) is 4.74 Å². The van der Waals surface area contributed by atoms with Crippen LogP contribution in [0.2, 0.25) is 0 Å². The Morgan fingerprint density at radius 2 is 1.81 bits per heavy atom. The fourth-order valence-electron chi connectivity index (χ4n) is 3.41. The molecule has 0 saturated carbocycles. The van der Waals surface area contributed by atoms with Crippen molar-refractivity contribution in [3.63, 3.8) is 0 Å². The molecule has 0 spiro atoms. The zero-order valence-electron chi connectivity index (χ0n) is 15.1. The van der Waals surface area contributed by atoms with Gasteiger partial charge in [0.2, 0.25) is 11.8 Å².